The van der Waals surface area contributed by atoms with Crippen LogP contribution in [-0.4, -0.2) is 17.3 Å². The molecule has 3 aromatic carbocycles. The molecule has 0 spiro atoms. The third kappa shape index (κ3) is 2.70. The molecule has 3 aromatic rings. The van der Waals surface area contributed by atoms with Crippen molar-refractivity contribution in [2.24, 2.45) is 0 Å². The van der Waals surface area contributed by atoms with E-state index in [0.717, 1.165) is 11.1 Å². The van der Waals surface area contributed by atoms with Gasteiger partial charge in [-0.3, -0.25) is 14.4 Å². The van der Waals surface area contributed by atoms with Crippen molar-refractivity contribution in [1.82, 2.24) is 0 Å². The van der Waals surface area contributed by atoms with Crippen LogP contribution in [0, 0.1) is 0 Å². The van der Waals surface area contributed by atoms with E-state index >= 15 is 0 Å². The van der Waals surface area contributed by atoms with Crippen molar-refractivity contribution in [2.75, 3.05) is 0 Å². The standard InChI is InChI=1S/C23H14O3/c24-21(15-6-2-1-3-7-15)12-13-22(25)16-10-11-18-17-8-4-5-9-19(17)23(26)20(18)14-16/h1-14H/b13-12+. The molecule has 0 saturated carbocycles. The SMILES string of the molecule is O=C(/C=C/C(=O)c1ccc2c(c1)C(=O)c1ccccc1-2)c1ccccc1. The van der Waals surface area contributed by atoms with Gasteiger partial charge in [-0.05, 0) is 29.3 Å². The van der Waals surface area contributed by atoms with Crippen molar-refractivity contribution in [1.29, 1.82) is 0 Å². The van der Waals surface area contributed by atoms with Crippen molar-refractivity contribution in [3.8, 4) is 11.1 Å². The second-order valence-corrected chi connectivity index (χ2v) is 6.06. The molecular weight excluding hydrogens is 324 g/mol. The third-order valence-corrected chi connectivity index (χ3v) is 4.45. The maximum atomic E-state index is 12.5. The number of hydrogen-bond acceptors (Lipinski definition) is 3. The fourth-order valence-electron chi connectivity index (χ4n) is 3.13. The van der Waals surface area contributed by atoms with Crippen LogP contribution >= 0.6 is 0 Å². The van der Waals surface area contributed by atoms with Crippen LogP contribution in [0.5, 0.6) is 0 Å². The maximum Gasteiger partial charge on any atom is 0.194 e. The number of ketones is 3. The first-order valence-corrected chi connectivity index (χ1v) is 8.25. The van der Waals surface area contributed by atoms with Crippen LogP contribution in [0.4, 0.5) is 0 Å². The highest BCUT2D eigenvalue weighted by Gasteiger charge is 2.26. The Morgan fingerprint density at radius 3 is 1.88 bits per heavy atom. The fraction of sp³-hybridized carbons (Fsp3) is 0. The molecule has 0 atom stereocenters. The number of carbonyl (C=O) groups excluding carboxylic acids is 3. The molecule has 1 aliphatic carbocycles. The minimum Gasteiger partial charge on any atom is -0.289 e. The average Bonchev–Trinajstić information content (AvgIpc) is 2.99. The smallest absolute Gasteiger partial charge is 0.194 e. The third-order valence-electron chi connectivity index (χ3n) is 4.45. The van der Waals surface area contributed by atoms with E-state index < -0.39 is 0 Å². The zero-order chi connectivity index (χ0) is 18.1. The van der Waals surface area contributed by atoms with Gasteiger partial charge in [-0.15, -0.1) is 0 Å². The number of rotatable bonds is 4. The van der Waals surface area contributed by atoms with Gasteiger partial charge in [0.15, 0.2) is 17.3 Å². The molecule has 3 nitrogen and oxygen atoms in total. The Kier molecular flexibility index (Phi) is 3.90. The van der Waals surface area contributed by atoms with Crippen LogP contribution in [0.1, 0.15) is 36.6 Å². The summed E-state index contributed by atoms with van der Waals surface area (Å²) in [5.74, 6) is -0.612. The minimum atomic E-state index is -0.305. The van der Waals surface area contributed by atoms with Crippen LogP contribution in [0.15, 0.2) is 84.9 Å². The molecule has 26 heavy (non-hydrogen) atoms. The second kappa shape index (κ2) is 6.37. The normalized spacial score (nSPS) is 12.1. The van der Waals surface area contributed by atoms with Gasteiger partial charge in [-0.2, -0.15) is 0 Å². The largest absolute Gasteiger partial charge is 0.289 e. The van der Waals surface area contributed by atoms with Crippen molar-refractivity contribution in [2.45, 2.75) is 0 Å². The minimum absolute atomic E-state index is 0.0745. The number of fused-ring (bicyclic) bond motifs is 3. The number of carbonyl (C=O) groups is 3. The molecule has 0 N–H and O–H groups in total. The molecule has 124 valence electrons. The van der Waals surface area contributed by atoms with Gasteiger partial charge < -0.3 is 0 Å². The Labute approximate surface area is 150 Å². The molecule has 0 aromatic heterocycles. The fourth-order valence-corrected chi connectivity index (χ4v) is 3.13. The van der Waals surface area contributed by atoms with E-state index in [-0.39, 0.29) is 17.3 Å². The van der Waals surface area contributed by atoms with Gasteiger partial charge in [0.25, 0.3) is 0 Å². The Morgan fingerprint density at radius 1 is 0.577 bits per heavy atom. The average molecular weight is 338 g/mol. The molecule has 0 fully saturated rings. The lowest BCUT2D eigenvalue weighted by atomic mass is 10.0. The first kappa shape index (κ1) is 15.9. The quantitative estimate of drug-likeness (QED) is 0.406. The van der Waals surface area contributed by atoms with Gasteiger partial charge in [0, 0.05) is 22.3 Å². The lowest BCUT2D eigenvalue weighted by Crippen LogP contribution is -2.01. The van der Waals surface area contributed by atoms with Crippen LogP contribution in [0.25, 0.3) is 11.1 Å². The second-order valence-electron chi connectivity index (χ2n) is 6.06. The van der Waals surface area contributed by atoms with E-state index in [9.17, 15) is 14.4 Å². The summed E-state index contributed by atoms with van der Waals surface area (Å²) < 4.78 is 0. The monoisotopic (exact) mass is 338 g/mol. The molecular formula is C23H14O3. The van der Waals surface area contributed by atoms with Crippen LogP contribution in [0.2, 0.25) is 0 Å². The molecule has 0 heterocycles. The van der Waals surface area contributed by atoms with E-state index in [1.807, 2.05) is 24.3 Å². The molecule has 4 rings (SSSR count). The zero-order valence-electron chi connectivity index (χ0n) is 13.8. The lowest BCUT2D eigenvalue weighted by molar-refractivity contribution is 0.102. The Morgan fingerprint density at radius 2 is 1.15 bits per heavy atom. The highest BCUT2D eigenvalue weighted by atomic mass is 16.1. The van der Waals surface area contributed by atoms with E-state index in [1.54, 1.807) is 48.5 Å². The molecule has 0 aliphatic heterocycles. The molecule has 3 heteroatoms. The van der Waals surface area contributed by atoms with E-state index in [0.29, 0.717) is 22.3 Å². The molecule has 0 amide bonds. The zero-order valence-corrected chi connectivity index (χ0v) is 13.8. The Bertz CT molecular complexity index is 1080. The highest BCUT2D eigenvalue weighted by molar-refractivity contribution is 6.23. The predicted octanol–water partition coefficient (Wildman–Crippen LogP) is 4.52. The van der Waals surface area contributed by atoms with Gasteiger partial charge in [0.2, 0.25) is 0 Å². The van der Waals surface area contributed by atoms with Crippen LogP contribution in [-0.2, 0) is 0 Å². The molecule has 0 radical (unpaired) electrons. The first-order valence-electron chi connectivity index (χ1n) is 8.25. The van der Waals surface area contributed by atoms with E-state index in [1.165, 1.54) is 12.2 Å². The van der Waals surface area contributed by atoms with Gasteiger partial charge in [0.05, 0.1) is 0 Å². The summed E-state index contributed by atoms with van der Waals surface area (Å²) >= 11 is 0. The summed E-state index contributed by atoms with van der Waals surface area (Å²) in [4.78, 5) is 37.0. The van der Waals surface area contributed by atoms with Crippen molar-refractivity contribution < 1.29 is 14.4 Å². The van der Waals surface area contributed by atoms with Crippen molar-refractivity contribution >= 4 is 17.3 Å². The summed E-state index contributed by atoms with van der Waals surface area (Å²) in [7, 11) is 0. The molecule has 1 aliphatic rings. The van der Waals surface area contributed by atoms with Crippen molar-refractivity contribution in [3.63, 3.8) is 0 Å². The van der Waals surface area contributed by atoms with Crippen LogP contribution in [0.3, 0.4) is 0 Å². The summed E-state index contributed by atoms with van der Waals surface area (Å²) in [5, 5.41) is 0. The molecule has 0 saturated heterocycles. The van der Waals surface area contributed by atoms with Crippen LogP contribution < -0.4 is 0 Å². The summed E-state index contributed by atoms with van der Waals surface area (Å²) in [6.07, 6.45) is 2.52. The number of allylic oxidation sites excluding steroid dienone is 2. The number of hydrogen-bond donors (Lipinski definition) is 0. The topological polar surface area (TPSA) is 51.2 Å². The molecule has 0 unspecified atom stereocenters. The highest BCUT2D eigenvalue weighted by Crippen LogP contribution is 2.36. The summed E-state index contributed by atoms with van der Waals surface area (Å²) in [6.45, 7) is 0. The summed E-state index contributed by atoms with van der Waals surface area (Å²) in [6, 6.07) is 21.3. The predicted molar refractivity (Wildman–Crippen MR) is 99.6 cm³/mol. The first-order chi connectivity index (χ1) is 12.6. The van der Waals surface area contributed by atoms with E-state index in [2.05, 4.69) is 0 Å². The maximum absolute atomic E-state index is 12.5. The number of benzene rings is 3. The summed E-state index contributed by atoms with van der Waals surface area (Å²) in [5.41, 5.74) is 3.83. The van der Waals surface area contributed by atoms with Gasteiger partial charge >= 0.3 is 0 Å². The van der Waals surface area contributed by atoms with Gasteiger partial charge in [0.1, 0.15) is 0 Å². The Balaban J connectivity index is 1.60. The Hall–Kier alpha value is -3.59. The van der Waals surface area contributed by atoms with Gasteiger partial charge in [-0.25, -0.2) is 0 Å². The lowest BCUT2D eigenvalue weighted by Gasteiger charge is -2.02. The van der Waals surface area contributed by atoms with Gasteiger partial charge in [-0.1, -0.05) is 66.7 Å². The van der Waals surface area contributed by atoms with Crippen molar-refractivity contribution in [3.05, 3.63) is 107 Å². The van der Waals surface area contributed by atoms with E-state index in [4.69, 9.17) is 0 Å². The molecule has 0 bridgehead atoms.